The fraction of sp³-hybridized carbons (Fsp3) is 0.429. The number of carbonyl (C=O) groups excluding carboxylic acids is 1. The minimum absolute atomic E-state index is 0.0632. The van der Waals surface area contributed by atoms with Gasteiger partial charge in [-0.3, -0.25) is 4.79 Å². The van der Waals surface area contributed by atoms with Gasteiger partial charge in [-0.15, -0.1) is 4.40 Å². The van der Waals surface area contributed by atoms with E-state index in [2.05, 4.69) is 9.71 Å². The van der Waals surface area contributed by atoms with Crippen molar-refractivity contribution in [1.29, 1.82) is 0 Å². The second-order valence-electron chi connectivity index (χ2n) is 5.22. The number of benzene rings is 1. The van der Waals surface area contributed by atoms with Gasteiger partial charge >= 0.3 is 0 Å². The Morgan fingerprint density at radius 1 is 1.24 bits per heavy atom. The van der Waals surface area contributed by atoms with Crippen molar-refractivity contribution < 1.29 is 13.2 Å². The molecule has 1 saturated heterocycles. The summed E-state index contributed by atoms with van der Waals surface area (Å²) in [6, 6.07) is 6.65. The van der Waals surface area contributed by atoms with E-state index in [4.69, 9.17) is 0 Å². The highest BCUT2D eigenvalue weighted by Crippen LogP contribution is 2.27. The smallest absolute Gasteiger partial charge is 0.286 e. The summed E-state index contributed by atoms with van der Waals surface area (Å²) in [4.78, 5) is 14.0. The van der Waals surface area contributed by atoms with Crippen LogP contribution >= 0.6 is 0 Å². The fourth-order valence-electron chi connectivity index (χ4n) is 2.63. The summed E-state index contributed by atoms with van der Waals surface area (Å²) < 4.78 is 27.9. The van der Waals surface area contributed by atoms with Crippen LogP contribution in [0.3, 0.4) is 0 Å². The number of para-hydroxylation sites is 1. The average Bonchev–Trinajstić information content (AvgIpc) is 2.98. The number of sulfonamides is 1. The van der Waals surface area contributed by atoms with E-state index in [-0.39, 0.29) is 17.2 Å². The molecule has 21 heavy (non-hydrogen) atoms. The van der Waals surface area contributed by atoms with Crippen LogP contribution in [0.1, 0.15) is 25.7 Å². The van der Waals surface area contributed by atoms with Gasteiger partial charge in [0.15, 0.2) is 0 Å². The molecule has 2 aliphatic rings. The third-order valence-electron chi connectivity index (χ3n) is 3.71. The lowest BCUT2D eigenvalue weighted by molar-refractivity contribution is -0.129. The molecule has 1 fully saturated rings. The number of hydrogen-bond acceptors (Lipinski definition) is 4. The zero-order chi connectivity index (χ0) is 14.9. The molecule has 3 rings (SSSR count). The lowest BCUT2D eigenvalue weighted by Gasteiger charge is -2.19. The molecule has 1 aromatic carbocycles. The van der Waals surface area contributed by atoms with Crippen molar-refractivity contribution in [3.8, 4) is 0 Å². The molecule has 0 atom stereocenters. The largest absolute Gasteiger partial charge is 0.343 e. The van der Waals surface area contributed by atoms with Crippen molar-refractivity contribution in [3.63, 3.8) is 0 Å². The van der Waals surface area contributed by atoms with Crippen LogP contribution < -0.4 is 5.32 Å². The molecule has 0 spiro atoms. The fourth-order valence-corrected chi connectivity index (χ4v) is 3.80. The van der Waals surface area contributed by atoms with E-state index in [0.29, 0.717) is 17.9 Å². The van der Waals surface area contributed by atoms with Gasteiger partial charge in [0.25, 0.3) is 10.0 Å². The summed E-state index contributed by atoms with van der Waals surface area (Å²) in [6.45, 7) is 1.61. The highest BCUT2D eigenvalue weighted by atomic mass is 32.2. The number of carbonyl (C=O) groups is 1. The van der Waals surface area contributed by atoms with Crippen LogP contribution in [0.25, 0.3) is 0 Å². The lowest BCUT2D eigenvalue weighted by Crippen LogP contribution is -2.29. The molecule has 7 heteroatoms. The number of fused-ring (bicyclic) bond motifs is 1. The summed E-state index contributed by atoms with van der Waals surface area (Å²) in [5.74, 6) is 0.398. The molecule has 0 aliphatic carbocycles. The van der Waals surface area contributed by atoms with Gasteiger partial charge in [-0.1, -0.05) is 12.1 Å². The zero-order valence-corrected chi connectivity index (χ0v) is 12.4. The minimum atomic E-state index is -3.66. The molecular formula is C14H17N3O3S. The van der Waals surface area contributed by atoms with Crippen molar-refractivity contribution in [2.45, 2.75) is 30.6 Å². The molecule has 0 saturated carbocycles. The van der Waals surface area contributed by atoms with Crippen molar-refractivity contribution >= 4 is 27.5 Å². The molecule has 6 nitrogen and oxygen atoms in total. The number of hydrogen-bond donors (Lipinski definition) is 1. The second kappa shape index (κ2) is 5.48. The second-order valence-corrected chi connectivity index (χ2v) is 6.79. The van der Waals surface area contributed by atoms with Gasteiger partial charge in [0.2, 0.25) is 5.91 Å². The lowest BCUT2D eigenvalue weighted by atomic mass is 10.2. The molecule has 0 bridgehead atoms. The first-order chi connectivity index (χ1) is 10.1. The third kappa shape index (κ3) is 2.92. The van der Waals surface area contributed by atoms with Crippen molar-refractivity contribution in [3.05, 3.63) is 24.3 Å². The van der Waals surface area contributed by atoms with E-state index in [9.17, 15) is 13.2 Å². The number of nitrogens with one attached hydrogen (secondary N) is 1. The van der Waals surface area contributed by atoms with Gasteiger partial charge in [-0.2, -0.15) is 8.42 Å². The highest BCUT2D eigenvalue weighted by molar-refractivity contribution is 7.90. The van der Waals surface area contributed by atoms with E-state index in [1.54, 1.807) is 18.2 Å². The molecule has 2 aliphatic heterocycles. The molecule has 112 valence electrons. The van der Waals surface area contributed by atoms with E-state index < -0.39 is 10.0 Å². The number of amidine groups is 1. The van der Waals surface area contributed by atoms with Crippen LogP contribution in [-0.4, -0.2) is 38.2 Å². The number of amides is 1. The predicted molar refractivity (Wildman–Crippen MR) is 79.7 cm³/mol. The summed E-state index contributed by atoms with van der Waals surface area (Å²) in [6.07, 6.45) is 2.69. The molecule has 0 unspecified atom stereocenters. The average molecular weight is 307 g/mol. The van der Waals surface area contributed by atoms with Crippen molar-refractivity contribution in [2.75, 3.05) is 18.4 Å². The van der Waals surface area contributed by atoms with E-state index in [0.717, 1.165) is 25.9 Å². The Morgan fingerprint density at radius 2 is 1.95 bits per heavy atom. The molecule has 0 aromatic heterocycles. The normalized spacial score (nSPS) is 19.6. The Labute approximate surface area is 123 Å². The monoisotopic (exact) mass is 307 g/mol. The third-order valence-corrected chi connectivity index (χ3v) is 5.08. The van der Waals surface area contributed by atoms with Gasteiger partial charge < -0.3 is 10.2 Å². The Bertz CT molecular complexity index is 691. The van der Waals surface area contributed by atoms with Gasteiger partial charge in [-0.05, 0) is 25.0 Å². The SMILES string of the molecule is O=C(CCC1=NS(=O)(=O)c2ccccc2N1)N1CCCC1. The number of nitrogens with zero attached hydrogens (tertiary/aromatic N) is 2. The summed E-state index contributed by atoms with van der Waals surface area (Å²) in [5.41, 5.74) is 0.524. The van der Waals surface area contributed by atoms with Gasteiger partial charge in [0.05, 0.1) is 5.69 Å². The Balaban J connectivity index is 1.70. The van der Waals surface area contributed by atoms with Crippen molar-refractivity contribution in [2.24, 2.45) is 4.40 Å². The Hall–Kier alpha value is -1.89. The van der Waals surface area contributed by atoms with Crippen LogP contribution in [0.5, 0.6) is 0 Å². The number of anilines is 1. The Kier molecular flexibility index (Phi) is 3.67. The topological polar surface area (TPSA) is 78.8 Å². The first-order valence-corrected chi connectivity index (χ1v) is 8.48. The number of rotatable bonds is 3. The first kappa shape index (κ1) is 14.1. The predicted octanol–water partition coefficient (Wildman–Crippen LogP) is 1.60. The maximum Gasteiger partial charge on any atom is 0.286 e. The van der Waals surface area contributed by atoms with Gasteiger partial charge in [-0.25, -0.2) is 0 Å². The summed E-state index contributed by atoms with van der Waals surface area (Å²) >= 11 is 0. The molecule has 2 heterocycles. The maximum atomic E-state index is 12.1. The van der Waals surface area contributed by atoms with E-state index in [1.807, 2.05) is 4.90 Å². The van der Waals surface area contributed by atoms with Crippen LogP contribution in [0.2, 0.25) is 0 Å². The van der Waals surface area contributed by atoms with Crippen LogP contribution in [0.15, 0.2) is 33.6 Å². The summed E-state index contributed by atoms with van der Waals surface area (Å²) in [7, 11) is -3.66. The van der Waals surface area contributed by atoms with Gasteiger partial charge in [0.1, 0.15) is 10.7 Å². The molecular weight excluding hydrogens is 290 g/mol. The van der Waals surface area contributed by atoms with Crippen molar-refractivity contribution in [1.82, 2.24) is 4.90 Å². The minimum Gasteiger partial charge on any atom is -0.343 e. The van der Waals surface area contributed by atoms with Gasteiger partial charge in [0, 0.05) is 25.9 Å². The summed E-state index contributed by atoms with van der Waals surface area (Å²) in [5, 5.41) is 3.00. The molecule has 0 radical (unpaired) electrons. The van der Waals surface area contributed by atoms with E-state index in [1.165, 1.54) is 6.07 Å². The highest BCUT2D eigenvalue weighted by Gasteiger charge is 2.25. The molecule has 1 aromatic rings. The molecule has 1 N–H and O–H groups in total. The first-order valence-electron chi connectivity index (χ1n) is 7.04. The molecule has 1 amide bonds. The standard InChI is InChI=1S/C14H17N3O3S/c18-14(17-9-3-4-10-17)8-7-13-15-11-5-1-2-6-12(11)21(19,20)16-13/h1-2,5-6H,3-4,7-10H2,(H,15,16). The quantitative estimate of drug-likeness (QED) is 0.920. The zero-order valence-electron chi connectivity index (χ0n) is 11.6. The Morgan fingerprint density at radius 3 is 2.71 bits per heavy atom. The van der Waals surface area contributed by atoms with Crippen LogP contribution in [0.4, 0.5) is 5.69 Å². The number of likely N-dealkylation sites (tertiary alicyclic amines) is 1. The van der Waals surface area contributed by atoms with Crippen LogP contribution in [0, 0.1) is 0 Å². The van der Waals surface area contributed by atoms with Crippen LogP contribution in [-0.2, 0) is 14.8 Å². The maximum absolute atomic E-state index is 12.1. The van der Waals surface area contributed by atoms with E-state index >= 15 is 0 Å².